The Morgan fingerprint density at radius 2 is 1.95 bits per heavy atom. The zero-order valence-corrected chi connectivity index (χ0v) is 11.7. The Kier molecular flexibility index (Phi) is 2.67. The molecule has 1 aromatic carbocycles. The fraction of sp³-hybridized carbons (Fsp3) is 0.267. The van der Waals surface area contributed by atoms with Gasteiger partial charge in [-0.05, 0) is 30.5 Å². The molecule has 5 heteroatoms. The third-order valence-corrected chi connectivity index (χ3v) is 4.51. The third kappa shape index (κ3) is 2.14. The van der Waals surface area contributed by atoms with Crippen LogP contribution in [-0.4, -0.2) is 15.0 Å². The second-order valence-corrected chi connectivity index (χ2v) is 6.31. The largest absolute Gasteiger partial charge is 0.375 e. The molecule has 1 fully saturated rings. The van der Waals surface area contributed by atoms with E-state index in [1.807, 2.05) is 6.07 Å². The number of thiazole rings is 1. The Labute approximate surface area is 120 Å². The van der Waals surface area contributed by atoms with E-state index in [2.05, 4.69) is 27.1 Å². The average molecular weight is 282 g/mol. The predicted molar refractivity (Wildman–Crippen MR) is 80.8 cm³/mol. The Hall–Kier alpha value is -2.01. The summed E-state index contributed by atoms with van der Waals surface area (Å²) in [4.78, 5) is 14.5. The lowest BCUT2D eigenvalue weighted by Crippen LogP contribution is -1.92. The van der Waals surface area contributed by atoms with Gasteiger partial charge in [0.1, 0.15) is 0 Å². The second-order valence-electron chi connectivity index (χ2n) is 5.19. The third-order valence-electron chi connectivity index (χ3n) is 3.61. The lowest BCUT2D eigenvalue weighted by Gasteiger charge is -2.03. The van der Waals surface area contributed by atoms with E-state index in [-0.39, 0.29) is 0 Å². The van der Waals surface area contributed by atoms with Gasteiger partial charge in [0.15, 0.2) is 5.13 Å². The maximum Gasteiger partial charge on any atom is 0.180 e. The first-order valence-electron chi connectivity index (χ1n) is 6.74. The van der Waals surface area contributed by atoms with E-state index in [0.29, 0.717) is 11.0 Å². The molecule has 0 spiro atoms. The lowest BCUT2D eigenvalue weighted by molar-refractivity contribution is 1.01. The normalized spacial score (nSPS) is 14.8. The number of aromatic nitrogens is 3. The molecule has 0 bridgehead atoms. The van der Waals surface area contributed by atoms with Crippen LogP contribution in [0, 0.1) is 0 Å². The molecule has 0 saturated heterocycles. The maximum absolute atomic E-state index is 5.87. The molecular weight excluding hydrogens is 268 g/mol. The highest BCUT2D eigenvalue weighted by molar-refractivity contribution is 7.15. The SMILES string of the molecule is Nc1nc(C2CC2)c(Cc2ccc3nccnc3c2)s1. The van der Waals surface area contributed by atoms with Crippen molar-refractivity contribution in [2.24, 2.45) is 0 Å². The van der Waals surface area contributed by atoms with Crippen molar-refractivity contribution >= 4 is 27.5 Å². The van der Waals surface area contributed by atoms with Crippen LogP contribution in [0.25, 0.3) is 11.0 Å². The van der Waals surface area contributed by atoms with Crippen LogP contribution < -0.4 is 5.73 Å². The van der Waals surface area contributed by atoms with Crippen LogP contribution >= 0.6 is 11.3 Å². The summed E-state index contributed by atoms with van der Waals surface area (Å²) in [6.07, 6.45) is 6.83. The van der Waals surface area contributed by atoms with Crippen molar-refractivity contribution in [1.29, 1.82) is 0 Å². The van der Waals surface area contributed by atoms with Crippen LogP contribution in [0.2, 0.25) is 0 Å². The van der Waals surface area contributed by atoms with Crippen molar-refractivity contribution in [2.45, 2.75) is 25.2 Å². The van der Waals surface area contributed by atoms with Gasteiger partial charge in [-0.25, -0.2) is 4.98 Å². The summed E-state index contributed by atoms with van der Waals surface area (Å²) >= 11 is 1.61. The van der Waals surface area contributed by atoms with Gasteiger partial charge in [0.2, 0.25) is 0 Å². The molecule has 0 atom stereocenters. The van der Waals surface area contributed by atoms with E-state index >= 15 is 0 Å². The summed E-state index contributed by atoms with van der Waals surface area (Å²) in [7, 11) is 0. The average Bonchev–Trinajstić information content (AvgIpc) is 3.23. The summed E-state index contributed by atoms with van der Waals surface area (Å²) in [6.45, 7) is 0. The summed E-state index contributed by atoms with van der Waals surface area (Å²) in [6, 6.07) is 6.25. The van der Waals surface area contributed by atoms with E-state index in [1.165, 1.54) is 29.0 Å². The van der Waals surface area contributed by atoms with Gasteiger partial charge in [-0.15, -0.1) is 11.3 Å². The van der Waals surface area contributed by atoms with Crippen LogP contribution in [0.5, 0.6) is 0 Å². The number of hydrogen-bond donors (Lipinski definition) is 1. The molecule has 100 valence electrons. The minimum atomic E-state index is 0.638. The van der Waals surface area contributed by atoms with E-state index < -0.39 is 0 Å². The van der Waals surface area contributed by atoms with Crippen molar-refractivity contribution in [3.05, 3.63) is 46.7 Å². The van der Waals surface area contributed by atoms with Gasteiger partial charge in [-0.2, -0.15) is 0 Å². The molecule has 1 aliphatic rings. The van der Waals surface area contributed by atoms with Crippen LogP contribution in [0.3, 0.4) is 0 Å². The van der Waals surface area contributed by atoms with Crippen molar-refractivity contribution in [1.82, 2.24) is 15.0 Å². The lowest BCUT2D eigenvalue weighted by atomic mass is 10.1. The molecule has 4 rings (SSSR count). The van der Waals surface area contributed by atoms with Gasteiger partial charge >= 0.3 is 0 Å². The highest BCUT2D eigenvalue weighted by atomic mass is 32.1. The van der Waals surface area contributed by atoms with Crippen LogP contribution in [0.15, 0.2) is 30.6 Å². The number of nitrogens with zero attached hydrogens (tertiary/aromatic N) is 3. The number of hydrogen-bond acceptors (Lipinski definition) is 5. The summed E-state index contributed by atoms with van der Waals surface area (Å²) in [5.74, 6) is 0.638. The van der Waals surface area contributed by atoms with E-state index in [1.54, 1.807) is 23.7 Å². The monoisotopic (exact) mass is 282 g/mol. The summed E-state index contributed by atoms with van der Waals surface area (Å²) in [5.41, 5.74) is 10.2. The number of rotatable bonds is 3. The van der Waals surface area contributed by atoms with Crippen LogP contribution in [0.1, 0.15) is 34.9 Å². The van der Waals surface area contributed by atoms with Gasteiger partial charge in [0.25, 0.3) is 0 Å². The topological polar surface area (TPSA) is 64.7 Å². The van der Waals surface area contributed by atoms with Crippen LogP contribution in [0.4, 0.5) is 5.13 Å². The number of nitrogens with two attached hydrogens (primary N) is 1. The molecule has 1 saturated carbocycles. The van der Waals surface area contributed by atoms with Crippen molar-refractivity contribution < 1.29 is 0 Å². The molecule has 2 heterocycles. The number of fused-ring (bicyclic) bond motifs is 1. The molecule has 1 aliphatic carbocycles. The Bertz CT molecular complexity index is 776. The zero-order chi connectivity index (χ0) is 13.5. The molecule has 2 N–H and O–H groups in total. The second kappa shape index (κ2) is 4.52. The highest BCUT2D eigenvalue weighted by Crippen LogP contribution is 2.43. The van der Waals surface area contributed by atoms with Crippen molar-refractivity contribution in [3.63, 3.8) is 0 Å². The standard InChI is InChI=1S/C15H14N4S/c16-15-19-14(10-2-3-10)13(20-15)8-9-1-4-11-12(7-9)18-6-5-17-11/h1,4-7,10H,2-3,8H2,(H2,16,19). The van der Waals surface area contributed by atoms with Gasteiger partial charge in [-0.1, -0.05) is 6.07 Å². The Morgan fingerprint density at radius 1 is 1.15 bits per heavy atom. The Morgan fingerprint density at radius 3 is 2.75 bits per heavy atom. The van der Waals surface area contributed by atoms with E-state index in [0.717, 1.165) is 17.5 Å². The van der Waals surface area contributed by atoms with Gasteiger partial charge < -0.3 is 5.73 Å². The van der Waals surface area contributed by atoms with Gasteiger partial charge in [-0.3, -0.25) is 9.97 Å². The Balaban J connectivity index is 1.70. The predicted octanol–water partition coefficient (Wildman–Crippen LogP) is 3.14. The van der Waals surface area contributed by atoms with Gasteiger partial charge in [0, 0.05) is 29.6 Å². The number of benzene rings is 1. The number of anilines is 1. The fourth-order valence-corrected chi connectivity index (χ4v) is 3.44. The smallest absolute Gasteiger partial charge is 0.180 e. The fourth-order valence-electron chi connectivity index (χ4n) is 2.49. The first-order chi connectivity index (χ1) is 9.79. The quantitative estimate of drug-likeness (QED) is 0.801. The molecule has 0 unspecified atom stereocenters. The zero-order valence-electron chi connectivity index (χ0n) is 10.9. The van der Waals surface area contributed by atoms with Crippen molar-refractivity contribution in [2.75, 3.05) is 5.73 Å². The minimum Gasteiger partial charge on any atom is -0.375 e. The van der Waals surface area contributed by atoms with E-state index in [4.69, 9.17) is 5.73 Å². The number of nitrogen functional groups attached to an aromatic ring is 1. The summed E-state index contributed by atoms with van der Waals surface area (Å²) in [5, 5.41) is 0.683. The first-order valence-corrected chi connectivity index (χ1v) is 7.56. The van der Waals surface area contributed by atoms with Crippen LogP contribution in [-0.2, 0) is 6.42 Å². The van der Waals surface area contributed by atoms with E-state index in [9.17, 15) is 0 Å². The molecule has 2 aromatic heterocycles. The molecule has 0 radical (unpaired) electrons. The molecular formula is C15H14N4S. The summed E-state index contributed by atoms with van der Waals surface area (Å²) < 4.78 is 0. The highest BCUT2D eigenvalue weighted by Gasteiger charge is 2.29. The molecule has 4 nitrogen and oxygen atoms in total. The van der Waals surface area contributed by atoms with Gasteiger partial charge in [0.05, 0.1) is 16.7 Å². The minimum absolute atomic E-state index is 0.638. The molecule has 0 aliphatic heterocycles. The van der Waals surface area contributed by atoms with Crippen molar-refractivity contribution in [3.8, 4) is 0 Å². The molecule has 20 heavy (non-hydrogen) atoms. The first kappa shape index (κ1) is 11.8. The molecule has 0 amide bonds. The maximum atomic E-state index is 5.87. The molecule has 3 aromatic rings.